The van der Waals surface area contributed by atoms with Crippen LogP contribution in [0.4, 0.5) is 0 Å². The second kappa shape index (κ2) is 5.35. The summed E-state index contributed by atoms with van der Waals surface area (Å²) in [7, 11) is 0.0672. The largest absolute Gasteiger partial charge is 0.315 e. The maximum absolute atomic E-state index is 12.4. The molecular weight excluding hydrogens is 286 g/mol. The van der Waals surface area contributed by atoms with E-state index in [9.17, 15) is 13.2 Å². The zero-order chi connectivity index (χ0) is 14.2. The van der Waals surface area contributed by atoms with Crippen LogP contribution in [0.15, 0.2) is 9.00 Å². The van der Waals surface area contributed by atoms with Crippen molar-refractivity contribution in [1.82, 2.24) is 14.2 Å². The Bertz CT molecular complexity index is 605. The molecule has 2 heterocycles. The van der Waals surface area contributed by atoms with Gasteiger partial charge in [-0.2, -0.15) is 4.31 Å². The van der Waals surface area contributed by atoms with Crippen LogP contribution in [0.1, 0.15) is 12.1 Å². The fourth-order valence-electron chi connectivity index (χ4n) is 2.42. The third-order valence-electron chi connectivity index (χ3n) is 3.43. The molecule has 1 unspecified atom stereocenters. The summed E-state index contributed by atoms with van der Waals surface area (Å²) >= 11 is 0.757. The number of sulfonamides is 1. The lowest BCUT2D eigenvalue weighted by molar-refractivity contribution is 0.357. The van der Waals surface area contributed by atoms with Crippen LogP contribution < -0.4 is 4.87 Å². The van der Waals surface area contributed by atoms with E-state index in [1.165, 1.54) is 4.31 Å². The van der Waals surface area contributed by atoms with Gasteiger partial charge in [-0.25, -0.2) is 8.42 Å². The standard InChI is InChI=1S/C11H19N3O3S2/c1-8-10(18-11(15)12-8)19(16,17)14(3)7-9-4-5-13(2)6-9/h9H,4-7H2,1-3H3,(H,12,15). The number of aromatic nitrogens is 1. The molecule has 1 aliphatic rings. The summed E-state index contributed by atoms with van der Waals surface area (Å²) < 4.78 is 26.3. The lowest BCUT2D eigenvalue weighted by Crippen LogP contribution is -2.32. The number of rotatable bonds is 4. The first-order valence-corrected chi connectivity index (χ1v) is 8.41. The van der Waals surface area contributed by atoms with Crippen molar-refractivity contribution in [2.45, 2.75) is 17.6 Å². The Morgan fingerprint density at radius 1 is 1.53 bits per heavy atom. The summed E-state index contributed by atoms with van der Waals surface area (Å²) in [6, 6.07) is 0. The average molecular weight is 305 g/mol. The molecule has 1 saturated heterocycles. The highest BCUT2D eigenvalue weighted by atomic mass is 32.2. The summed E-state index contributed by atoms with van der Waals surface area (Å²) in [4.78, 5) is 15.6. The van der Waals surface area contributed by atoms with Crippen molar-refractivity contribution in [3.8, 4) is 0 Å². The van der Waals surface area contributed by atoms with E-state index in [1.54, 1.807) is 14.0 Å². The summed E-state index contributed by atoms with van der Waals surface area (Å²) in [6.07, 6.45) is 1.01. The molecule has 1 aromatic rings. The second-order valence-electron chi connectivity index (χ2n) is 5.13. The minimum Gasteiger partial charge on any atom is -0.315 e. The zero-order valence-corrected chi connectivity index (χ0v) is 13.0. The molecule has 108 valence electrons. The van der Waals surface area contributed by atoms with Crippen LogP contribution in [0.25, 0.3) is 0 Å². The van der Waals surface area contributed by atoms with E-state index in [0.717, 1.165) is 30.8 Å². The van der Waals surface area contributed by atoms with Crippen LogP contribution in [-0.2, 0) is 10.0 Å². The first-order valence-electron chi connectivity index (χ1n) is 6.15. The normalized spacial score (nSPS) is 21.4. The van der Waals surface area contributed by atoms with Crippen molar-refractivity contribution < 1.29 is 8.42 Å². The number of likely N-dealkylation sites (tertiary alicyclic amines) is 1. The molecule has 1 N–H and O–H groups in total. The molecule has 1 aromatic heterocycles. The molecule has 0 saturated carbocycles. The van der Waals surface area contributed by atoms with Crippen LogP contribution in [0.2, 0.25) is 0 Å². The van der Waals surface area contributed by atoms with Gasteiger partial charge < -0.3 is 9.88 Å². The summed E-state index contributed by atoms with van der Waals surface area (Å²) in [5.74, 6) is 0.362. The van der Waals surface area contributed by atoms with Gasteiger partial charge in [0.25, 0.3) is 10.0 Å². The van der Waals surface area contributed by atoms with E-state index in [-0.39, 0.29) is 9.08 Å². The number of aromatic amines is 1. The van der Waals surface area contributed by atoms with E-state index in [2.05, 4.69) is 9.88 Å². The van der Waals surface area contributed by atoms with Crippen LogP contribution in [0.3, 0.4) is 0 Å². The highest BCUT2D eigenvalue weighted by molar-refractivity contribution is 7.91. The van der Waals surface area contributed by atoms with E-state index in [4.69, 9.17) is 0 Å². The Kier molecular flexibility index (Phi) is 4.14. The Balaban J connectivity index is 2.15. The Hall–Kier alpha value is -0.700. The number of nitrogens with one attached hydrogen (secondary N) is 1. The molecule has 0 radical (unpaired) electrons. The molecule has 1 aliphatic heterocycles. The summed E-state index contributed by atoms with van der Waals surface area (Å²) in [5, 5.41) is 0. The first-order chi connectivity index (χ1) is 8.80. The lowest BCUT2D eigenvalue weighted by atomic mass is 10.1. The van der Waals surface area contributed by atoms with Crippen molar-refractivity contribution >= 4 is 21.4 Å². The van der Waals surface area contributed by atoms with Gasteiger partial charge in [-0.15, -0.1) is 0 Å². The summed E-state index contributed by atoms with van der Waals surface area (Å²) in [6.45, 7) is 4.04. The van der Waals surface area contributed by atoms with Crippen molar-refractivity contribution in [2.24, 2.45) is 5.92 Å². The molecule has 8 heteroatoms. The van der Waals surface area contributed by atoms with E-state index in [0.29, 0.717) is 18.2 Å². The molecule has 2 rings (SSSR count). The molecule has 1 fully saturated rings. The average Bonchev–Trinajstić information content (AvgIpc) is 2.85. The monoisotopic (exact) mass is 305 g/mol. The van der Waals surface area contributed by atoms with Gasteiger partial charge in [0.1, 0.15) is 0 Å². The van der Waals surface area contributed by atoms with Gasteiger partial charge in [0.2, 0.25) is 0 Å². The Morgan fingerprint density at radius 3 is 2.68 bits per heavy atom. The summed E-state index contributed by atoms with van der Waals surface area (Å²) in [5.41, 5.74) is 0.422. The predicted octanol–water partition coefficient (Wildman–Crippen LogP) is 0.317. The third kappa shape index (κ3) is 3.07. The fraction of sp³-hybridized carbons (Fsp3) is 0.727. The number of hydrogen-bond acceptors (Lipinski definition) is 5. The van der Waals surface area contributed by atoms with Crippen LogP contribution in [0, 0.1) is 12.8 Å². The second-order valence-corrected chi connectivity index (χ2v) is 8.35. The predicted molar refractivity (Wildman–Crippen MR) is 75.1 cm³/mol. The van der Waals surface area contributed by atoms with Crippen molar-refractivity contribution in [2.75, 3.05) is 33.7 Å². The molecule has 0 aromatic carbocycles. The van der Waals surface area contributed by atoms with E-state index >= 15 is 0 Å². The van der Waals surface area contributed by atoms with Gasteiger partial charge in [-0.1, -0.05) is 11.3 Å². The number of aryl methyl sites for hydroxylation is 1. The van der Waals surface area contributed by atoms with E-state index < -0.39 is 10.0 Å². The van der Waals surface area contributed by atoms with Crippen molar-refractivity contribution in [3.63, 3.8) is 0 Å². The number of H-pyrrole nitrogens is 1. The quantitative estimate of drug-likeness (QED) is 0.869. The Labute approximate surface area is 117 Å². The molecular formula is C11H19N3O3S2. The maximum atomic E-state index is 12.4. The van der Waals surface area contributed by atoms with Gasteiger partial charge in [0, 0.05) is 25.8 Å². The smallest absolute Gasteiger partial charge is 0.305 e. The van der Waals surface area contributed by atoms with Gasteiger partial charge in [-0.05, 0) is 32.9 Å². The number of thiazole rings is 1. The molecule has 0 aliphatic carbocycles. The Morgan fingerprint density at radius 2 is 2.21 bits per heavy atom. The van der Waals surface area contributed by atoms with Gasteiger partial charge in [0.05, 0.1) is 0 Å². The number of nitrogens with zero attached hydrogens (tertiary/aromatic N) is 2. The maximum Gasteiger partial charge on any atom is 0.305 e. The molecule has 1 atom stereocenters. The first kappa shape index (κ1) is 14.7. The molecule has 0 bridgehead atoms. The van der Waals surface area contributed by atoms with Gasteiger partial charge >= 0.3 is 4.87 Å². The van der Waals surface area contributed by atoms with Gasteiger partial charge in [0.15, 0.2) is 4.21 Å². The topological polar surface area (TPSA) is 73.5 Å². The van der Waals surface area contributed by atoms with E-state index in [1.807, 2.05) is 7.05 Å². The van der Waals surface area contributed by atoms with Crippen LogP contribution in [-0.4, -0.2) is 56.3 Å². The highest BCUT2D eigenvalue weighted by Crippen LogP contribution is 2.23. The number of hydrogen-bond donors (Lipinski definition) is 1. The molecule has 6 nitrogen and oxygen atoms in total. The molecule has 0 amide bonds. The van der Waals surface area contributed by atoms with Crippen LogP contribution >= 0.6 is 11.3 Å². The SMILES string of the molecule is Cc1[nH]c(=O)sc1S(=O)(=O)N(C)CC1CCN(C)C1. The third-order valence-corrected chi connectivity index (χ3v) is 6.84. The highest BCUT2D eigenvalue weighted by Gasteiger charge is 2.29. The lowest BCUT2D eigenvalue weighted by Gasteiger charge is -2.20. The van der Waals surface area contributed by atoms with Gasteiger partial charge in [-0.3, -0.25) is 4.79 Å². The minimum absolute atomic E-state index is 0.131. The molecule has 0 spiro atoms. The zero-order valence-electron chi connectivity index (χ0n) is 11.3. The van der Waals surface area contributed by atoms with Crippen molar-refractivity contribution in [1.29, 1.82) is 0 Å². The minimum atomic E-state index is -3.55. The fourth-order valence-corrected chi connectivity index (χ4v) is 5.15. The van der Waals surface area contributed by atoms with Crippen LogP contribution in [0.5, 0.6) is 0 Å². The van der Waals surface area contributed by atoms with Crippen molar-refractivity contribution in [3.05, 3.63) is 15.4 Å². The molecule has 19 heavy (non-hydrogen) atoms.